The van der Waals surface area contributed by atoms with E-state index in [-0.39, 0.29) is 16.7 Å². The number of hydrogen-bond donors (Lipinski definition) is 2. The summed E-state index contributed by atoms with van der Waals surface area (Å²) >= 11 is 6.17. The third-order valence-corrected chi connectivity index (χ3v) is 3.27. The molecule has 0 spiro atoms. The number of carbonyl (C=O) groups is 1. The first-order chi connectivity index (χ1) is 10.9. The fraction of sp³-hybridized carbons (Fsp3) is 0.333. The first-order valence-electron chi connectivity index (χ1n) is 7.14. The van der Waals surface area contributed by atoms with Crippen LogP contribution in [0.15, 0.2) is 24.5 Å². The monoisotopic (exact) mass is 334 g/mol. The van der Waals surface area contributed by atoms with Gasteiger partial charge in [-0.25, -0.2) is 9.97 Å². The Kier molecular flexibility index (Phi) is 5.33. The van der Waals surface area contributed by atoms with Gasteiger partial charge in [0.05, 0.1) is 0 Å². The Morgan fingerprint density at radius 2 is 2.00 bits per heavy atom. The molecule has 122 valence electrons. The molecule has 2 heterocycles. The maximum absolute atomic E-state index is 12.3. The second-order valence-corrected chi connectivity index (χ2v) is 5.89. The molecule has 0 saturated heterocycles. The van der Waals surface area contributed by atoms with Crippen LogP contribution in [0.2, 0.25) is 5.15 Å². The highest BCUT2D eigenvalue weighted by molar-refractivity contribution is 6.32. The van der Waals surface area contributed by atoms with Crippen LogP contribution in [0.4, 0.5) is 17.3 Å². The summed E-state index contributed by atoms with van der Waals surface area (Å²) in [6, 6.07) is 3.32. The smallest absolute Gasteiger partial charge is 0.278 e. The van der Waals surface area contributed by atoms with Gasteiger partial charge < -0.3 is 16.0 Å². The molecule has 23 heavy (non-hydrogen) atoms. The van der Waals surface area contributed by atoms with Gasteiger partial charge in [-0.15, -0.1) is 0 Å². The number of pyridine rings is 1. The molecular formula is C15H19ClN6O. The lowest BCUT2D eigenvalue weighted by Gasteiger charge is -2.21. The Labute approximate surface area is 139 Å². The fourth-order valence-electron chi connectivity index (χ4n) is 2.09. The van der Waals surface area contributed by atoms with Gasteiger partial charge in [-0.1, -0.05) is 25.4 Å². The third-order valence-electron chi connectivity index (χ3n) is 3.02. The van der Waals surface area contributed by atoms with Gasteiger partial charge >= 0.3 is 0 Å². The van der Waals surface area contributed by atoms with Crippen molar-refractivity contribution in [1.82, 2.24) is 15.0 Å². The van der Waals surface area contributed by atoms with E-state index in [1.165, 1.54) is 0 Å². The van der Waals surface area contributed by atoms with Crippen molar-refractivity contribution in [2.45, 2.75) is 13.8 Å². The summed E-state index contributed by atoms with van der Waals surface area (Å²) in [7, 11) is 1.85. The lowest BCUT2D eigenvalue weighted by molar-refractivity contribution is 0.102. The Balaban J connectivity index is 2.24. The van der Waals surface area contributed by atoms with Gasteiger partial charge in [-0.05, 0) is 18.1 Å². The number of nitrogen functional groups attached to an aromatic ring is 1. The van der Waals surface area contributed by atoms with Gasteiger partial charge in [0.15, 0.2) is 22.5 Å². The molecule has 0 aliphatic carbocycles. The molecule has 0 aromatic carbocycles. The summed E-state index contributed by atoms with van der Waals surface area (Å²) in [6.07, 6.45) is 3.14. The van der Waals surface area contributed by atoms with Crippen LogP contribution in [-0.4, -0.2) is 34.5 Å². The van der Waals surface area contributed by atoms with E-state index >= 15 is 0 Å². The molecular weight excluding hydrogens is 316 g/mol. The minimum absolute atomic E-state index is 0.00601. The molecule has 0 fully saturated rings. The molecule has 8 heteroatoms. The zero-order valence-electron chi connectivity index (χ0n) is 13.2. The number of carbonyl (C=O) groups excluding carboxylic acids is 1. The standard InChI is InChI=1S/C15H19ClN6O/c1-9(2)8-22(3)14-12(16)20-11(13(17)21-14)15(23)19-10-4-6-18-7-5-10/h4-7,9H,8H2,1-3H3,(H2,17,21)(H,18,19,23). The van der Waals surface area contributed by atoms with Gasteiger partial charge in [-0.3, -0.25) is 9.78 Å². The van der Waals surface area contributed by atoms with Crippen molar-refractivity contribution in [2.24, 2.45) is 5.92 Å². The largest absolute Gasteiger partial charge is 0.382 e. The summed E-state index contributed by atoms with van der Waals surface area (Å²) in [5, 5.41) is 2.81. The molecule has 2 rings (SSSR count). The highest BCUT2D eigenvalue weighted by Crippen LogP contribution is 2.24. The maximum atomic E-state index is 12.3. The number of hydrogen-bond acceptors (Lipinski definition) is 6. The van der Waals surface area contributed by atoms with Crippen LogP contribution < -0.4 is 16.0 Å². The number of anilines is 3. The lowest BCUT2D eigenvalue weighted by atomic mass is 10.2. The van der Waals surface area contributed by atoms with E-state index in [1.54, 1.807) is 24.5 Å². The van der Waals surface area contributed by atoms with Crippen LogP contribution >= 0.6 is 11.6 Å². The maximum Gasteiger partial charge on any atom is 0.278 e. The minimum Gasteiger partial charge on any atom is -0.382 e. The molecule has 0 bridgehead atoms. The minimum atomic E-state index is -0.471. The molecule has 0 aliphatic rings. The molecule has 0 radical (unpaired) electrons. The Bertz CT molecular complexity index is 692. The van der Waals surface area contributed by atoms with Gasteiger partial charge in [0.1, 0.15) is 0 Å². The average molecular weight is 335 g/mol. The Hall–Kier alpha value is -2.41. The highest BCUT2D eigenvalue weighted by atomic mass is 35.5. The topological polar surface area (TPSA) is 97.0 Å². The number of nitrogens with one attached hydrogen (secondary N) is 1. The van der Waals surface area contributed by atoms with E-state index in [0.29, 0.717) is 17.4 Å². The van der Waals surface area contributed by atoms with Gasteiger partial charge in [-0.2, -0.15) is 0 Å². The zero-order valence-corrected chi connectivity index (χ0v) is 14.0. The van der Waals surface area contributed by atoms with E-state index < -0.39 is 5.91 Å². The molecule has 2 aromatic rings. The highest BCUT2D eigenvalue weighted by Gasteiger charge is 2.19. The number of nitrogens with zero attached hydrogens (tertiary/aromatic N) is 4. The molecule has 7 nitrogen and oxygen atoms in total. The Morgan fingerprint density at radius 1 is 1.35 bits per heavy atom. The first-order valence-corrected chi connectivity index (χ1v) is 7.51. The van der Waals surface area contributed by atoms with Crippen LogP contribution in [0.25, 0.3) is 0 Å². The molecule has 0 atom stereocenters. The SMILES string of the molecule is CC(C)CN(C)c1nc(N)c(C(=O)Nc2ccncc2)nc1Cl. The average Bonchev–Trinajstić information content (AvgIpc) is 2.49. The van der Waals surface area contributed by atoms with Crippen LogP contribution in [0.5, 0.6) is 0 Å². The third kappa shape index (κ3) is 4.29. The predicted molar refractivity (Wildman–Crippen MR) is 91.8 cm³/mol. The van der Waals surface area contributed by atoms with Gasteiger partial charge in [0.2, 0.25) is 0 Å². The number of rotatable bonds is 5. The van der Waals surface area contributed by atoms with Crippen molar-refractivity contribution in [2.75, 3.05) is 29.5 Å². The van der Waals surface area contributed by atoms with Gasteiger partial charge in [0, 0.05) is 31.7 Å². The van der Waals surface area contributed by atoms with E-state index in [1.807, 2.05) is 11.9 Å². The van der Waals surface area contributed by atoms with Crippen LogP contribution in [-0.2, 0) is 0 Å². The molecule has 0 unspecified atom stereocenters. The van der Waals surface area contributed by atoms with E-state index in [0.717, 1.165) is 6.54 Å². The molecule has 0 saturated carbocycles. The van der Waals surface area contributed by atoms with Crippen LogP contribution in [0.3, 0.4) is 0 Å². The van der Waals surface area contributed by atoms with E-state index in [4.69, 9.17) is 17.3 Å². The van der Waals surface area contributed by atoms with Crippen molar-refractivity contribution >= 4 is 34.8 Å². The van der Waals surface area contributed by atoms with Crippen molar-refractivity contribution in [1.29, 1.82) is 0 Å². The number of aromatic nitrogens is 3. The van der Waals surface area contributed by atoms with Crippen molar-refractivity contribution < 1.29 is 4.79 Å². The summed E-state index contributed by atoms with van der Waals surface area (Å²) in [5.74, 6) is 0.444. The zero-order chi connectivity index (χ0) is 17.0. The molecule has 1 amide bonds. The van der Waals surface area contributed by atoms with E-state index in [9.17, 15) is 4.79 Å². The van der Waals surface area contributed by atoms with Crippen LogP contribution in [0.1, 0.15) is 24.3 Å². The summed E-state index contributed by atoms with van der Waals surface area (Å²) in [6.45, 7) is 4.91. The second kappa shape index (κ2) is 7.23. The normalized spacial score (nSPS) is 10.7. The van der Waals surface area contributed by atoms with Gasteiger partial charge in [0.25, 0.3) is 5.91 Å². The number of halogens is 1. The number of nitrogens with two attached hydrogens (primary N) is 1. The summed E-state index contributed by atoms with van der Waals surface area (Å²) in [4.78, 5) is 26.3. The fourth-order valence-corrected chi connectivity index (χ4v) is 2.36. The molecule has 2 aromatic heterocycles. The first kappa shape index (κ1) is 17.0. The van der Waals surface area contributed by atoms with Crippen LogP contribution in [0, 0.1) is 5.92 Å². The lowest BCUT2D eigenvalue weighted by Crippen LogP contribution is -2.26. The van der Waals surface area contributed by atoms with Crippen molar-refractivity contribution in [3.8, 4) is 0 Å². The summed E-state index contributed by atoms with van der Waals surface area (Å²) in [5.41, 5.74) is 6.46. The van der Waals surface area contributed by atoms with Crippen molar-refractivity contribution in [3.05, 3.63) is 35.4 Å². The quantitative estimate of drug-likeness (QED) is 0.871. The second-order valence-electron chi connectivity index (χ2n) is 5.54. The Morgan fingerprint density at radius 3 is 2.61 bits per heavy atom. The molecule has 3 N–H and O–H groups in total. The van der Waals surface area contributed by atoms with Crippen molar-refractivity contribution in [3.63, 3.8) is 0 Å². The van der Waals surface area contributed by atoms with E-state index in [2.05, 4.69) is 34.1 Å². The number of amides is 1. The molecule has 0 aliphatic heterocycles. The predicted octanol–water partition coefficient (Wildman–Crippen LogP) is 2.45. The summed E-state index contributed by atoms with van der Waals surface area (Å²) < 4.78 is 0.